The van der Waals surface area contributed by atoms with Crippen molar-refractivity contribution in [2.24, 2.45) is 7.05 Å². The van der Waals surface area contributed by atoms with Crippen molar-refractivity contribution < 1.29 is 4.79 Å². The van der Waals surface area contributed by atoms with Gasteiger partial charge in [-0.15, -0.1) is 11.3 Å². The van der Waals surface area contributed by atoms with Crippen LogP contribution in [0.15, 0.2) is 53.6 Å². The van der Waals surface area contributed by atoms with E-state index in [2.05, 4.69) is 33.2 Å². The van der Waals surface area contributed by atoms with Crippen LogP contribution in [0.4, 0.5) is 17.2 Å². The average molecular weight is 614 g/mol. The number of thiophene rings is 1. The van der Waals surface area contributed by atoms with Crippen LogP contribution in [-0.4, -0.2) is 53.5 Å². The number of carbonyl (C=O) groups is 1. The highest BCUT2D eigenvalue weighted by molar-refractivity contribution is 7.14. The van der Waals surface area contributed by atoms with Gasteiger partial charge in [-0.05, 0) is 86.0 Å². The van der Waals surface area contributed by atoms with E-state index in [1.165, 1.54) is 29.7 Å². The number of aryl methyl sites for hydroxylation is 2. The Morgan fingerprint density at radius 1 is 1.07 bits per heavy atom. The van der Waals surface area contributed by atoms with E-state index in [1.807, 2.05) is 43.5 Å². The number of hydrogen-bond acceptors (Lipinski definition) is 7. The molecule has 1 aliphatic heterocycles. The molecule has 4 heterocycles. The number of nitrogens with one attached hydrogen (secondary N) is 1. The van der Waals surface area contributed by atoms with Gasteiger partial charge in [-0.25, -0.2) is 4.98 Å². The van der Waals surface area contributed by atoms with Crippen molar-refractivity contribution in [3.05, 3.63) is 90.6 Å². The second-order valence-corrected chi connectivity index (χ2v) is 13.8. The van der Waals surface area contributed by atoms with Crippen molar-refractivity contribution in [2.45, 2.75) is 44.4 Å². The third-order valence-corrected chi connectivity index (χ3v) is 11.3. The van der Waals surface area contributed by atoms with Crippen LogP contribution >= 0.6 is 22.9 Å². The number of aromatic nitrogens is 2. The van der Waals surface area contributed by atoms with Gasteiger partial charge in [0.2, 0.25) is 0 Å². The molecule has 4 aromatic rings. The zero-order valence-electron chi connectivity index (χ0n) is 24.8. The lowest BCUT2D eigenvalue weighted by Crippen LogP contribution is -2.44. The molecule has 1 aromatic carbocycles. The molecule has 2 fully saturated rings. The average Bonchev–Trinajstić information content (AvgIpc) is 3.73. The molecular weight excluding hydrogens is 578 g/mol. The van der Waals surface area contributed by atoms with Gasteiger partial charge >= 0.3 is 0 Å². The van der Waals surface area contributed by atoms with Crippen LogP contribution in [0.25, 0.3) is 11.1 Å². The summed E-state index contributed by atoms with van der Waals surface area (Å²) in [5.74, 6) is 2.02. The normalized spacial score (nSPS) is 19.6. The highest BCUT2D eigenvalue weighted by atomic mass is 35.5. The minimum atomic E-state index is -0.160. The van der Waals surface area contributed by atoms with Gasteiger partial charge in [0.1, 0.15) is 11.5 Å². The molecule has 0 radical (unpaired) electrons. The maximum absolute atomic E-state index is 13.5. The van der Waals surface area contributed by atoms with E-state index in [-0.39, 0.29) is 17.8 Å². The molecule has 222 valence electrons. The van der Waals surface area contributed by atoms with Gasteiger partial charge in [-0.2, -0.15) is 0 Å². The molecule has 0 spiro atoms. The fraction of sp³-hybridized carbons (Fsp3) is 0.382. The molecule has 2 unspecified atom stereocenters. The van der Waals surface area contributed by atoms with Crippen LogP contribution in [0.5, 0.6) is 0 Å². The third-order valence-electron chi connectivity index (χ3n) is 9.50. The molecular formula is C34H36ClN5O2S. The molecule has 7 nitrogen and oxygen atoms in total. The van der Waals surface area contributed by atoms with Gasteiger partial charge in [-0.3, -0.25) is 9.59 Å². The Morgan fingerprint density at radius 2 is 1.86 bits per heavy atom. The predicted octanol–water partition coefficient (Wildman–Crippen LogP) is 6.76. The lowest BCUT2D eigenvalue weighted by atomic mass is 9.95. The van der Waals surface area contributed by atoms with E-state index >= 15 is 0 Å². The number of hydrogen-bond donors (Lipinski definition) is 1. The Labute approximate surface area is 261 Å². The monoisotopic (exact) mass is 613 g/mol. The van der Waals surface area contributed by atoms with E-state index in [4.69, 9.17) is 11.6 Å². The molecule has 2 bridgehead atoms. The van der Waals surface area contributed by atoms with Gasteiger partial charge in [0.25, 0.3) is 5.56 Å². The number of pyridine rings is 2. The number of benzene rings is 1. The fourth-order valence-corrected chi connectivity index (χ4v) is 8.62. The first kappa shape index (κ1) is 28.3. The summed E-state index contributed by atoms with van der Waals surface area (Å²) in [7, 11) is 3.87. The first-order valence-corrected chi connectivity index (χ1v) is 16.3. The Morgan fingerprint density at radius 3 is 2.60 bits per heavy atom. The summed E-state index contributed by atoms with van der Waals surface area (Å²) >= 11 is 8.73. The van der Waals surface area contributed by atoms with E-state index < -0.39 is 0 Å². The maximum Gasteiger partial charge on any atom is 0.274 e. The molecule has 2 atom stereocenters. The summed E-state index contributed by atoms with van der Waals surface area (Å²) < 4.78 is 1.55. The van der Waals surface area contributed by atoms with E-state index in [9.17, 15) is 9.59 Å². The summed E-state index contributed by atoms with van der Waals surface area (Å²) in [4.78, 5) is 38.1. The van der Waals surface area contributed by atoms with Crippen molar-refractivity contribution in [1.82, 2.24) is 14.5 Å². The standard InChI is InChI=1S/C34H36ClN5O2S/c1-20-4-8-25(32(35)26(20)16-29(41)30-17-27-21-5-6-22(14-21)33(27)43-30)23-15-28(34(42)39(3)19-23)37-31-9-7-24(18-36-31)40-12-10-38(2)11-13-40/h4,7-9,15,17-19,21-22H,5-6,10-14,16H2,1-3H3,(H,36,37). The van der Waals surface area contributed by atoms with E-state index in [1.54, 1.807) is 29.1 Å². The highest BCUT2D eigenvalue weighted by Crippen LogP contribution is 2.56. The van der Waals surface area contributed by atoms with Gasteiger partial charge in [0.15, 0.2) is 5.78 Å². The quantitative estimate of drug-likeness (QED) is 0.232. The highest BCUT2D eigenvalue weighted by Gasteiger charge is 2.39. The molecule has 43 heavy (non-hydrogen) atoms. The maximum atomic E-state index is 13.5. The number of halogens is 1. The summed E-state index contributed by atoms with van der Waals surface area (Å²) in [6.07, 6.45) is 7.68. The Bertz CT molecular complexity index is 1740. The number of piperazine rings is 1. The zero-order valence-corrected chi connectivity index (χ0v) is 26.4. The van der Waals surface area contributed by atoms with Gasteiger partial charge in [0, 0.05) is 61.8 Å². The number of anilines is 3. The lowest BCUT2D eigenvalue weighted by molar-refractivity contribution is 0.0996. The number of Topliss-reactive ketones (excluding diaryl/α,β-unsaturated/α-hetero) is 1. The molecule has 1 N–H and O–H groups in total. The molecule has 9 heteroatoms. The number of nitrogens with zero attached hydrogens (tertiary/aromatic N) is 4. The van der Waals surface area contributed by atoms with Crippen LogP contribution in [0.1, 0.15) is 62.3 Å². The topological polar surface area (TPSA) is 70.5 Å². The second-order valence-electron chi connectivity index (χ2n) is 12.3. The van der Waals surface area contributed by atoms with Crippen LogP contribution in [0.3, 0.4) is 0 Å². The van der Waals surface area contributed by atoms with Crippen molar-refractivity contribution >= 4 is 45.9 Å². The predicted molar refractivity (Wildman–Crippen MR) is 176 cm³/mol. The van der Waals surface area contributed by atoms with Crippen molar-refractivity contribution in [3.63, 3.8) is 0 Å². The third kappa shape index (κ3) is 5.30. The summed E-state index contributed by atoms with van der Waals surface area (Å²) in [5, 5.41) is 3.78. The molecule has 1 saturated heterocycles. The van der Waals surface area contributed by atoms with Crippen LogP contribution in [0.2, 0.25) is 5.02 Å². The summed E-state index contributed by atoms with van der Waals surface area (Å²) in [6.45, 7) is 5.98. The smallest absolute Gasteiger partial charge is 0.274 e. The summed E-state index contributed by atoms with van der Waals surface area (Å²) in [5.41, 5.74) is 6.15. The Hall–Kier alpha value is -3.46. The molecule has 3 aliphatic rings. The SMILES string of the molecule is Cc1ccc(-c2cc(Nc3ccc(N4CCN(C)CC4)cn3)c(=O)n(C)c2)c(Cl)c1CC(=O)c1cc2c(s1)C1CCC2C1. The van der Waals surface area contributed by atoms with Gasteiger partial charge in [-0.1, -0.05) is 23.7 Å². The summed E-state index contributed by atoms with van der Waals surface area (Å²) in [6, 6.07) is 11.9. The van der Waals surface area contributed by atoms with Crippen molar-refractivity contribution in [2.75, 3.05) is 43.4 Å². The Kier molecular flexibility index (Phi) is 7.40. The second kappa shape index (κ2) is 11.2. The number of fused-ring (bicyclic) bond motifs is 5. The van der Waals surface area contributed by atoms with Crippen molar-refractivity contribution in [3.8, 4) is 11.1 Å². The molecule has 3 aromatic heterocycles. The molecule has 0 amide bonds. The van der Waals surface area contributed by atoms with Crippen LogP contribution in [0, 0.1) is 6.92 Å². The first-order valence-electron chi connectivity index (χ1n) is 15.1. The number of likely N-dealkylation sites (N-methyl/N-ethyl adjacent to an activating group) is 1. The number of ketones is 1. The van der Waals surface area contributed by atoms with Gasteiger partial charge < -0.3 is 19.7 Å². The largest absolute Gasteiger partial charge is 0.368 e. The first-order chi connectivity index (χ1) is 20.7. The fourth-order valence-electron chi connectivity index (χ4n) is 6.90. The minimum Gasteiger partial charge on any atom is -0.368 e. The Balaban J connectivity index is 1.13. The van der Waals surface area contributed by atoms with E-state index in [0.717, 1.165) is 59.0 Å². The molecule has 7 rings (SSSR count). The molecule has 2 aliphatic carbocycles. The zero-order chi connectivity index (χ0) is 29.8. The lowest BCUT2D eigenvalue weighted by Gasteiger charge is -2.33. The number of rotatable bonds is 7. The molecule has 1 saturated carbocycles. The van der Waals surface area contributed by atoms with E-state index in [0.29, 0.717) is 28.4 Å². The van der Waals surface area contributed by atoms with Crippen LogP contribution < -0.4 is 15.8 Å². The number of carbonyl (C=O) groups excluding carboxylic acids is 1. The minimum absolute atomic E-state index is 0.120. The van der Waals surface area contributed by atoms with Crippen molar-refractivity contribution in [1.29, 1.82) is 0 Å². The van der Waals surface area contributed by atoms with Gasteiger partial charge in [0.05, 0.1) is 21.8 Å². The van der Waals surface area contributed by atoms with Crippen LogP contribution in [-0.2, 0) is 13.5 Å².